The fourth-order valence-electron chi connectivity index (χ4n) is 3.49. The average Bonchev–Trinajstić information content (AvgIpc) is 2.70. The van der Waals surface area contributed by atoms with Crippen molar-refractivity contribution < 1.29 is 27.5 Å². The van der Waals surface area contributed by atoms with Gasteiger partial charge >= 0.3 is 5.97 Å². The molecule has 0 radical (unpaired) electrons. The van der Waals surface area contributed by atoms with E-state index in [4.69, 9.17) is 9.47 Å². The summed E-state index contributed by atoms with van der Waals surface area (Å²) in [6.07, 6.45) is 2.10. The first-order valence-electron chi connectivity index (χ1n) is 9.73. The summed E-state index contributed by atoms with van der Waals surface area (Å²) in [5.41, 5.74) is 0.0129. The zero-order chi connectivity index (χ0) is 21.8. The van der Waals surface area contributed by atoms with Gasteiger partial charge in [0, 0.05) is 6.04 Å². The number of sulfonamides is 1. The lowest BCUT2D eigenvalue weighted by atomic mass is 9.78. The Hall–Kier alpha value is -2.13. The summed E-state index contributed by atoms with van der Waals surface area (Å²) < 4.78 is 36.8. The highest BCUT2D eigenvalue weighted by Gasteiger charge is 2.30. The first kappa shape index (κ1) is 23.2. The molecule has 9 heteroatoms. The van der Waals surface area contributed by atoms with Gasteiger partial charge in [-0.15, -0.1) is 0 Å². The van der Waals surface area contributed by atoms with Crippen LogP contribution in [0.15, 0.2) is 23.1 Å². The van der Waals surface area contributed by atoms with Gasteiger partial charge in [-0.1, -0.05) is 26.7 Å². The second kappa shape index (κ2) is 9.58. The zero-order valence-corrected chi connectivity index (χ0v) is 18.3. The molecular formula is C20H30N2O6S. The first-order valence-corrected chi connectivity index (χ1v) is 11.2. The van der Waals surface area contributed by atoms with Gasteiger partial charge in [0.15, 0.2) is 6.10 Å². The number of benzene rings is 1. The Labute approximate surface area is 172 Å². The van der Waals surface area contributed by atoms with Crippen LogP contribution >= 0.6 is 0 Å². The normalized spacial score (nSPS) is 23.1. The number of rotatable bonds is 7. The highest BCUT2D eigenvalue weighted by molar-refractivity contribution is 7.89. The first-order chi connectivity index (χ1) is 13.6. The summed E-state index contributed by atoms with van der Waals surface area (Å²) in [4.78, 5) is 24.8. The standard InChI is InChI=1S/C20H30N2O6S/c1-12-7-6-8-16(13(12)2)22-19(23)14(3)28-20(24)15-9-10-17(27-5)18(11-15)29(25,26)21-4/h9-14,16,21H,6-8H2,1-5H3,(H,22,23)/t12-,13+,14+,16-/m0/s1. The lowest BCUT2D eigenvalue weighted by Crippen LogP contribution is -2.47. The molecule has 0 unspecified atom stereocenters. The van der Waals surface area contributed by atoms with Crippen molar-refractivity contribution in [3.05, 3.63) is 23.8 Å². The minimum absolute atomic E-state index is 0.0129. The van der Waals surface area contributed by atoms with Crippen LogP contribution in [0.5, 0.6) is 5.75 Å². The van der Waals surface area contributed by atoms with Crippen LogP contribution in [-0.2, 0) is 19.6 Å². The summed E-state index contributed by atoms with van der Waals surface area (Å²) in [5, 5.41) is 2.98. The van der Waals surface area contributed by atoms with E-state index >= 15 is 0 Å². The highest BCUT2D eigenvalue weighted by atomic mass is 32.2. The molecule has 1 aromatic rings. The van der Waals surface area contributed by atoms with E-state index in [0.717, 1.165) is 19.3 Å². The molecule has 1 aliphatic rings. The smallest absolute Gasteiger partial charge is 0.338 e. The van der Waals surface area contributed by atoms with Gasteiger partial charge in [0.2, 0.25) is 10.0 Å². The van der Waals surface area contributed by atoms with Crippen molar-refractivity contribution in [2.75, 3.05) is 14.2 Å². The number of hydrogen-bond donors (Lipinski definition) is 2. The number of methoxy groups -OCH3 is 1. The summed E-state index contributed by atoms with van der Waals surface area (Å²) in [7, 11) is -1.24. The molecule has 8 nitrogen and oxygen atoms in total. The topological polar surface area (TPSA) is 111 Å². The molecule has 0 aliphatic heterocycles. The van der Waals surface area contributed by atoms with E-state index in [1.165, 1.54) is 39.3 Å². The van der Waals surface area contributed by atoms with Crippen molar-refractivity contribution in [2.45, 2.75) is 57.1 Å². The van der Waals surface area contributed by atoms with Crippen LogP contribution < -0.4 is 14.8 Å². The molecule has 2 rings (SSSR count). The summed E-state index contributed by atoms with van der Waals surface area (Å²) in [6, 6.07) is 3.99. The van der Waals surface area contributed by atoms with Crippen LogP contribution in [0.3, 0.4) is 0 Å². The molecule has 29 heavy (non-hydrogen) atoms. The Bertz CT molecular complexity index is 855. The van der Waals surface area contributed by atoms with Crippen molar-refractivity contribution in [3.8, 4) is 5.75 Å². The van der Waals surface area contributed by atoms with Crippen LogP contribution in [-0.4, -0.2) is 46.6 Å². The molecule has 2 N–H and O–H groups in total. The maximum atomic E-state index is 12.5. The Morgan fingerprint density at radius 1 is 1.21 bits per heavy atom. The Balaban J connectivity index is 2.09. The third kappa shape index (κ3) is 5.48. The van der Waals surface area contributed by atoms with Gasteiger partial charge in [0.1, 0.15) is 10.6 Å². The molecule has 0 bridgehead atoms. The van der Waals surface area contributed by atoms with Crippen LogP contribution in [0.25, 0.3) is 0 Å². The van der Waals surface area contributed by atoms with Gasteiger partial charge in [-0.3, -0.25) is 4.79 Å². The zero-order valence-electron chi connectivity index (χ0n) is 17.5. The van der Waals surface area contributed by atoms with Gasteiger partial charge in [0.25, 0.3) is 5.91 Å². The van der Waals surface area contributed by atoms with Crippen molar-refractivity contribution in [2.24, 2.45) is 11.8 Å². The SMILES string of the molecule is CNS(=O)(=O)c1cc(C(=O)O[C@H](C)C(=O)N[C@H]2CCC[C@H](C)[C@H]2C)ccc1OC. The third-order valence-corrected chi connectivity index (χ3v) is 7.08. The number of amides is 1. The second-order valence-electron chi connectivity index (χ2n) is 7.50. The van der Waals surface area contributed by atoms with E-state index in [1.54, 1.807) is 0 Å². The van der Waals surface area contributed by atoms with Crippen molar-refractivity contribution in [3.63, 3.8) is 0 Å². The van der Waals surface area contributed by atoms with Crippen molar-refractivity contribution in [1.29, 1.82) is 0 Å². The number of ether oxygens (including phenoxy) is 2. The fourth-order valence-corrected chi connectivity index (χ4v) is 4.41. The lowest BCUT2D eigenvalue weighted by Gasteiger charge is -2.35. The number of carbonyl (C=O) groups excluding carboxylic acids is 2. The molecule has 0 spiro atoms. The minimum Gasteiger partial charge on any atom is -0.495 e. The molecule has 1 aromatic carbocycles. The largest absolute Gasteiger partial charge is 0.495 e. The second-order valence-corrected chi connectivity index (χ2v) is 9.36. The Morgan fingerprint density at radius 2 is 1.90 bits per heavy atom. The molecule has 4 atom stereocenters. The quantitative estimate of drug-likeness (QED) is 0.646. The fraction of sp³-hybridized carbons (Fsp3) is 0.600. The molecular weight excluding hydrogens is 396 g/mol. The predicted molar refractivity (Wildman–Crippen MR) is 108 cm³/mol. The van der Waals surface area contributed by atoms with Gasteiger partial charge in [-0.05, 0) is 50.4 Å². The summed E-state index contributed by atoms with van der Waals surface area (Å²) in [6.45, 7) is 5.79. The molecule has 0 heterocycles. The molecule has 1 saturated carbocycles. The van der Waals surface area contributed by atoms with E-state index in [2.05, 4.69) is 23.9 Å². The molecule has 1 fully saturated rings. The molecule has 0 saturated heterocycles. The number of esters is 1. The number of carbonyl (C=O) groups is 2. The van der Waals surface area contributed by atoms with Crippen molar-refractivity contribution in [1.82, 2.24) is 10.0 Å². The van der Waals surface area contributed by atoms with Crippen LogP contribution in [0.1, 0.15) is 50.4 Å². The summed E-state index contributed by atoms with van der Waals surface area (Å²) in [5.74, 6) is -0.166. The molecule has 162 valence electrons. The molecule has 1 amide bonds. The number of nitrogens with one attached hydrogen (secondary N) is 2. The summed E-state index contributed by atoms with van der Waals surface area (Å²) >= 11 is 0. The lowest BCUT2D eigenvalue weighted by molar-refractivity contribution is -0.130. The van der Waals surface area contributed by atoms with Crippen LogP contribution in [0, 0.1) is 11.8 Å². The van der Waals surface area contributed by atoms with Crippen LogP contribution in [0.4, 0.5) is 0 Å². The predicted octanol–water partition coefficient (Wildman–Crippen LogP) is 2.09. The van der Waals surface area contributed by atoms with Gasteiger partial charge in [0.05, 0.1) is 12.7 Å². The van der Waals surface area contributed by atoms with Gasteiger partial charge in [-0.2, -0.15) is 0 Å². The minimum atomic E-state index is -3.83. The Morgan fingerprint density at radius 3 is 2.52 bits per heavy atom. The van der Waals surface area contributed by atoms with E-state index in [1.807, 2.05) is 0 Å². The monoisotopic (exact) mass is 426 g/mol. The van der Waals surface area contributed by atoms with E-state index < -0.39 is 22.1 Å². The maximum Gasteiger partial charge on any atom is 0.338 e. The molecule has 1 aliphatic carbocycles. The van der Waals surface area contributed by atoms with Gasteiger partial charge in [-0.25, -0.2) is 17.9 Å². The van der Waals surface area contributed by atoms with Crippen molar-refractivity contribution >= 4 is 21.9 Å². The van der Waals surface area contributed by atoms with E-state index in [0.29, 0.717) is 11.8 Å². The van der Waals surface area contributed by atoms with Crippen LogP contribution in [0.2, 0.25) is 0 Å². The third-order valence-electron chi connectivity index (χ3n) is 5.65. The highest BCUT2D eigenvalue weighted by Crippen LogP contribution is 2.29. The average molecular weight is 427 g/mol. The van der Waals surface area contributed by atoms with E-state index in [-0.39, 0.29) is 28.2 Å². The number of hydrogen-bond acceptors (Lipinski definition) is 6. The molecule has 0 aromatic heterocycles. The maximum absolute atomic E-state index is 12.5. The van der Waals surface area contributed by atoms with E-state index in [9.17, 15) is 18.0 Å². The Kier molecular flexibility index (Phi) is 7.65. The van der Waals surface area contributed by atoms with Gasteiger partial charge < -0.3 is 14.8 Å².